The summed E-state index contributed by atoms with van der Waals surface area (Å²) in [6.45, 7) is 0.426. The zero-order valence-electron chi connectivity index (χ0n) is 18.6. The first-order chi connectivity index (χ1) is 16.6. The van der Waals surface area contributed by atoms with Crippen LogP contribution >= 0.6 is 94.4 Å². The Morgan fingerprint density at radius 3 is 2.24 bits per heavy atom. The van der Waals surface area contributed by atoms with Crippen LogP contribution in [0.25, 0.3) is 0 Å². The van der Waals surface area contributed by atoms with Crippen LogP contribution in [-0.4, -0.2) is 112 Å². The van der Waals surface area contributed by atoms with Crippen LogP contribution in [0, 0.1) is 0 Å². The first-order valence-electron chi connectivity index (χ1n) is 9.85. The molecule has 17 heteroatoms. The molecule has 0 aliphatic carbocycles. The van der Waals surface area contributed by atoms with Crippen LogP contribution in [0.3, 0.4) is 0 Å². The predicted octanol–water partition coefficient (Wildman–Crippen LogP) is 3.31. The number of carbonyl (C=O) groups excluding carboxylic acids is 2. The molecule has 0 fully saturated rings. The average molecular weight is 653 g/mol. The highest BCUT2D eigenvalue weighted by Crippen LogP contribution is 2.15. The van der Waals surface area contributed by atoms with E-state index in [-0.39, 0.29) is 28.7 Å². The van der Waals surface area contributed by atoms with Gasteiger partial charge >= 0.3 is 5.97 Å². The third-order valence-electron chi connectivity index (χ3n) is 3.00. The third-order valence-corrected chi connectivity index (χ3v) is 12.3. The number of hydrogen-bond acceptors (Lipinski definition) is 16. The minimum Gasteiger partial charge on any atom is -0.616 e. The maximum Gasteiger partial charge on any atom is 0.327 e. The number of aliphatic hydroxyl groups excluding tert-OH is 2. The summed E-state index contributed by atoms with van der Waals surface area (Å²) in [5.74, 6) is 5.73. The second-order valence-electron chi connectivity index (χ2n) is 5.52. The van der Waals surface area contributed by atoms with Crippen molar-refractivity contribution in [2.24, 2.45) is 0 Å². The first-order valence-corrected chi connectivity index (χ1v) is 20.2. The molecule has 2 N–H and O–H groups in total. The van der Waals surface area contributed by atoms with Crippen molar-refractivity contribution in [1.29, 1.82) is 0 Å². The summed E-state index contributed by atoms with van der Waals surface area (Å²) in [4.78, 5) is 33.3. The van der Waals surface area contributed by atoms with Crippen LogP contribution in [0.2, 0.25) is 0 Å². The van der Waals surface area contributed by atoms with Crippen molar-refractivity contribution in [3.63, 3.8) is 0 Å². The second kappa shape index (κ2) is 29.6. The number of aliphatic hydroxyl groups is 2. The molecule has 0 aromatic carbocycles. The highest BCUT2D eigenvalue weighted by Gasteiger charge is 2.09. The normalized spacial score (nSPS) is 12.1. The molecule has 0 aromatic rings. The van der Waals surface area contributed by atoms with E-state index in [2.05, 4.69) is 0 Å². The van der Waals surface area contributed by atoms with Gasteiger partial charge in [-0.15, -0.1) is 47.0 Å². The molecule has 0 saturated heterocycles. The fraction of sp³-hybridized carbons (Fsp3) is 0.882. The molecule has 8 nitrogen and oxygen atoms in total. The van der Waals surface area contributed by atoms with Crippen molar-refractivity contribution in [2.45, 2.75) is 0 Å². The summed E-state index contributed by atoms with van der Waals surface area (Å²) < 4.78 is 16.9. The second-order valence-corrected chi connectivity index (χ2v) is 16.1. The van der Waals surface area contributed by atoms with Crippen LogP contribution < -0.4 is 0 Å². The fourth-order valence-electron chi connectivity index (χ4n) is 1.61. The lowest BCUT2D eigenvalue weighted by atomic mass is 10.8. The lowest BCUT2D eigenvalue weighted by Crippen LogP contribution is -2.15. The van der Waals surface area contributed by atoms with Crippen LogP contribution in [0.5, 0.6) is 0 Å². The lowest BCUT2D eigenvalue weighted by Gasteiger charge is -2.10. The van der Waals surface area contributed by atoms with Crippen LogP contribution in [0.4, 0.5) is 0 Å². The van der Waals surface area contributed by atoms with E-state index < -0.39 is 11.2 Å². The minimum atomic E-state index is -0.909. The van der Waals surface area contributed by atoms with E-state index in [1.165, 1.54) is 70.6 Å². The number of thioether (sulfide) groups is 7. The highest BCUT2D eigenvalue weighted by atomic mass is 32.2. The van der Waals surface area contributed by atoms with Gasteiger partial charge in [0.1, 0.15) is 17.4 Å². The van der Waals surface area contributed by atoms with E-state index >= 15 is 0 Å². The zero-order valence-corrected chi connectivity index (χ0v) is 26.0. The molecule has 0 aromatic heterocycles. The van der Waals surface area contributed by atoms with Gasteiger partial charge in [-0.3, -0.25) is 9.59 Å². The Bertz CT molecular complexity index is 482. The van der Waals surface area contributed by atoms with Gasteiger partial charge in [-0.25, -0.2) is 9.78 Å². The monoisotopic (exact) mass is 652 g/mol. The highest BCUT2D eigenvalue weighted by molar-refractivity contribution is 8.16. The molecular weight excluding hydrogens is 621 g/mol. The summed E-state index contributed by atoms with van der Waals surface area (Å²) in [5.41, 5.74) is 0. The van der Waals surface area contributed by atoms with Crippen molar-refractivity contribution in [2.75, 3.05) is 86.4 Å². The Kier molecular flexibility index (Phi) is 31.5. The van der Waals surface area contributed by atoms with Gasteiger partial charge in [0.15, 0.2) is 5.12 Å². The summed E-state index contributed by atoms with van der Waals surface area (Å²) in [6, 6.07) is 0. The van der Waals surface area contributed by atoms with E-state index in [1.54, 1.807) is 11.8 Å². The summed E-state index contributed by atoms with van der Waals surface area (Å²) in [7, 11) is 0. The Hall–Kier alpha value is 2.09. The molecule has 34 heavy (non-hydrogen) atoms. The average Bonchev–Trinajstić information content (AvgIpc) is 2.83. The maximum absolute atomic E-state index is 12.0. The quantitative estimate of drug-likeness (QED) is 0.0354. The SMILES string of the molecule is O=C(CSCC[S+]([O-])CCSCCSC(=O)CSCCOOCSCSCO)OSCSCO. The van der Waals surface area contributed by atoms with Crippen molar-refractivity contribution in [3.05, 3.63) is 0 Å². The Labute approximate surface area is 239 Å². The standard InChI is InChI=1S/C17H32O8S9/c18-11-29-14-31-13-24-23-1-2-27-10-17(21)32-4-3-26-5-7-34(22)8-6-28-9-16(20)25-33-15-30-12-19/h18-19H,1-15H2. The number of carbonyl (C=O) groups is 2. The van der Waals surface area contributed by atoms with Gasteiger partial charge < -0.3 is 18.9 Å². The summed E-state index contributed by atoms with van der Waals surface area (Å²) in [6.07, 6.45) is 0. The molecule has 0 aliphatic rings. The van der Waals surface area contributed by atoms with Crippen molar-refractivity contribution < 1.29 is 38.3 Å². The Morgan fingerprint density at radius 2 is 1.47 bits per heavy atom. The first kappa shape index (κ1) is 36.1. The van der Waals surface area contributed by atoms with E-state index in [9.17, 15) is 14.1 Å². The summed E-state index contributed by atoms with van der Waals surface area (Å²) >= 11 is 10.2. The molecule has 0 aliphatic heterocycles. The van der Waals surface area contributed by atoms with Crippen LogP contribution in [-0.2, 0) is 34.7 Å². The lowest BCUT2D eigenvalue weighted by molar-refractivity contribution is -0.274. The maximum atomic E-state index is 12.0. The molecule has 0 rings (SSSR count). The van der Waals surface area contributed by atoms with Crippen molar-refractivity contribution >= 4 is 117 Å². The van der Waals surface area contributed by atoms with Gasteiger partial charge in [-0.1, -0.05) is 22.9 Å². The molecule has 0 radical (unpaired) electrons. The van der Waals surface area contributed by atoms with Crippen LogP contribution in [0.1, 0.15) is 0 Å². The molecule has 1 unspecified atom stereocenters. The topological polar surface area (TPSA) is 125 Å². The van der Waals surface area contributed by atoms with E-state index in [0.717, 1.165) is 34.4 Å². The molecule has 0 amide bonds. The Morgan fingerprint density at radius 1 is 0.765 bits per heavy atom. The minimum absolute atomic E-state index is 0.000243. The van der Waals surface area contributed by atoms with E-state index in [4.69, 9.17) is 24.2 Å². The largest absolute Gasteiger partial charge is 0.616 e. The zero-order chi connectivity index (χ0) is 25.1. The van der Waals surface area contributed by atoms with Gasteiger partial charge in [0.05, 0.1) is 47.1 Å². The fourth-order valence-corrected chi connectivity index (χ4v) is 9.14. The van der Waals surface area contributed by atoms with Crippen molar-refractivity contribution in [3.8, 4) is 0 Å². The summed E-state index contributed by atoms with van der Waals surface area (Å²) in [5, 5.41) is 18.6. The van der Waals surface area contributed by atoms with Gasteiger partial charge in [-0.2, -0.15) is 23.5 Å². The molecule has 0 heterocycles. The molecule has 202 valence electrons. The molecular formula is C17H32O8S9. The predicted molar refractivity (Wildman–Crippen MR) is 160 cm³/mol. The smallest absolute Gasteiger partial charge is 0.327 e. The van der Waals surface area contributed by atoms with E-state index in [1.807, 2.05) is 0 Å². The van der Waals surface area contributed by atoms with Gasteiger partial charge in [0.2, 0.25) is 0 Å². The molecule has 0 saturated carbocycles. The third kappa shape index (κ3) is 28.7. The van der Waals surface area contributed by atoms with Crippen LogP contribution in [0.15, 0.2) is 0 Å². The Balaban J connectivity index is 3.35. The molecule has 0 spiro atoms. The van der Waals surface area contributed by atoms with E-state index in [0.29, 0.717) is 46.4 Å². The molecule has 1 atom stereocenters. The number of rotatable bonds is 26. The van der Waals surface area contributed by atoms with Gasteiger partial charge in [0.25, 0.3) is 0 Å². The van der Waals surface area contributed by atoms with Crippen molar-refractivity contribution in [1.82, 2.24) is 0 Å². The van der Waals surface area contributed by atoms with Gasteiger partial charge in [0, 0.05) is 33.8 Å². The number of hydrogen-bond donors (Lipinski definition) is 2. The molecule has 0 bridgehead atoms. The van der Waals surface area contributed by atoms with Gasteiger partial charge in [-0.05, 0) is 0 Å².